The highest BCUT2D eigenvalue weighted by atomic mass is 16.7. The van der Waals surface area contributed by atoms with Gasteiger partial charge in [0.1, 0.15) is 5.75 Å². The number of ether oxygens (including phenoxy) is 3. The summed E-state index contributed by atoms with van der Waals surface area (Å²) in [5.41, 5.74) is -0.191. The van der Waals surface area contributed by atoms with Crippen molar-refractivity contribution in [2.45, 2.75) is 46.2 Å². The molecule has 1 saturated heterocycles. The van der Waals surface area contributed by atoms with Crippen LogP contribution in [0.25, 0.3) is 0 Å². The third kappa shape index (κ3) is 4.14. The van der Waals surface area contributed by atoms with Crippen LogP contribution >= 0.6 is 0 Å². The first-order valence-corrected chi connectivity index (χ1v) is 7.97. The average molecular weight is 351 g/mol. The van der Waals surface area contributed by atoms with Gasteiger partial charge in [0, 0.05) is 25.0 Å². The summed E-state index contributed by atoms with van der Waals surface area (Å²) < 4.78 is 16.9. The maximum atomic E-state index is 11.4. The number of carbonyl (C=O) groups is 2. The van der Waals surface area contributed by atoms with Crippen LogP contribution in [0.3, 0.4) is 0 Å². The summed E-state index contributed by atoms with van der Waals surface area (Å²) in [5, 5.41) is 10.8. The molecule has 5 atom stereocenters. The van der Waals surface area contributed by atoms with Crippen LogP contribution in [0.5, 0.6) is 5.75 Å². The van der Waals surface area contributed by atoms with Crippen molar-refractivity contribution in [1.29, 1.82) is 0 Å². The van der Waals surface area contributed by atoms with E-state index < -0.39 is 23.3 Å². The Morgan fingerprint density at radius 1 is 1.28 bits per heavy atom. The summed E-state index contributed by atoms with van der Waals surface area (Å²) in [6.07, 6.45) is -1.24. The molecule has 5 unspecified atom stereocenters. The van der Waals surface area contributed by atoms with Crippen molar-refractivity contribution in [3.8, 4) is 5.75 Å². The van der Waals surface area contributed by atoms with E-state index in [0.717, 1.165) is 6.07 Å². The summed E-state index contributed by atoms with van der Waals surface area (Å²) >= 11 is 0. The van der Waals surface area contributed by atoms with E-state index in [9.17, 15) is 19.7 Å². The van der Waals surface area contributed by atoms with Gasteiger partial charge in [-0.25, -0.2) is 0 Å². The predicted octanol–water partition coefficient (Wildman–Crippen LogP) is 2.73. The van der Waals surface area contributed by atoms with Crippen molar-refractivity contribution in [2.24, 2.45) is 11.8 Å². The van der Waals surface area contributed by atoms with Crippen LogP contribution in [-0.4, -0.2) is 35.7 Å². The fourth-order valence-electron chi connectivity index (χ4n) is 2.81. The van der Waals surface area contributed by atoms with E-state index >= 15 is 0 Å². The lowest BCUT2D eigenvalue weighted by molar-refractivity contribution is -0.384. The number of nitrogens with zero attached hydrogens (tertiary/aromatic N) is 1. The van der Waals surface area contributed by atoms with Crippen LogP contribution in [0.1, 0.15) is 38.1 Å². The monoisotopic (exact) mass is 351 g/mol. The Hall–Kier alpha value is -2.48. The molecular formula is C17H21NO7. The van der Waals surface area contributed by atoms with E-state index in [1.165, 1.54) is 19.1 Å². The van der Waals surface area contributed by atoms with Gasteiger partial charge in [0.25, 0.3) is 5.69 Å². The molecule has 0 bridgehead atoms. The van der Waals surface area contributed by atoms with Gasteiger partial charge >= 0.3 is 5.97 Å². The Labute approximate surface area is 145 Å². The number of nitro benzene ring substituents is 1. The van der Waals surface area contributed by atoms with Gasteiger partial charge in [-0.3, -0.25) is 19.7 Å². The van der Waals surface area contributed by atoms with Crippen LogP contribution in [0, 0.1) is 22.0 Å². The summed E-state index contributed by atoms with van der Waals surface area (Å²) in [5.74, 6) is -0.228. The molecule has 0 aliphatic carbocycles. The Morgan fingerprint density at radius 2 is 1.96 bits per heavy atom. The largest absolute Gasteiger partial charge is 0.460 e. The SMILES string of the molecule is CC(=O)OC1C(Oc2ccc([N+](=O)[O-])cc2C=O)OC(C)C(C)C1C. The zero-order chi connectivity index (χ0) is 18.7. The highest BCUT2D eigenvalue weighted by Crippen LogP contribution is 2.34. The highest BCUT2D eigenvalue weighted by molar-refractivity contribution is 5.80. The molecule has 1 aliphatic rings. The summed E-state index contributed by atoms with van der Waals surface area (Å²) in [4.78, 5) is 32.9. The molecule has 2 rings (SSSR count). The molecule has 0 aromatic heterocycles. The lowest BCUT2D eigenvalue weighted by Gasteiger charge is -2.42. The Bertz CT molecular complexity index is 675. The molecule has 0 saturated carbocycles. The van der Waals surface area contributed by atoms with E-state index in [0.29, 0.717) is 6.29 Å². The Balaban J connectivity index is 2.30. The topological polar surface area (TPSA) is 105 Å². The summed E-state index contributed by atoms with van der Waals surface area (Å²) in [6, 6.07) is 3.70. The lowest BCUT2D eigenvalue weighted by Crippen LogP contribution is -2.52. The second-order valence-corrected chi connectivity index (χ2v) is 6.22. The minimum atomic E-state index is -0.912. The third-order valence-electron chi connectivity index (χ3n) is 4.58. The number of non-ortho nitro benzene ring substituents is 1. The standard InChI is InChI=1S/C17H21NO7/c1-9-10(2)16(24-12(4)20)17(23-11(9)3)25-15-6-5-14(18(21)22)7-13(15)8-19/h5-11,16-17H,1-4H3. The molecular weight excluding hydrogens is 330 g/mol. The van der Waals surface area contributed by atoms with Gasteiger partial charge in [0.05, 0.1) is 16.6 Å². The number of esters is 1. The molecule has 8 nitrogen and oxygen atoms in total. The number of hydrogen-bond donors (Lipinski definition) is 0. The average Bonchev–Trinajstić information content (AvgIpc) is 2.56. The molecule has 136 valence electrons. The molecule has 0 amide bonds. The Morgan fingerprint density at radius 3 is 2.52 bits per heavy atom. The van der Waals surface area contributed by atoms with Crippen molar-refractivity contribution >= 4 is 17.9 Å². The molecule has 0 N–H and O–H groups in total. The second-order valence-electron chi connectivity index (χ2n) is 6.22. The number of benzene rings is 1. The van der Waals surface area contributed by atoms with E-state index in [2.05, 4.69) is 0 Å². The van der Waals surface area contributed by atoms with Gasteiger partial charge in [-0.05, 0) is 18.9 Å². The van der Waals surface area contributed by atoms with Crippen LogP contribution < -0.4 is 4.74 Å². The van der Waals surface area contributed by atoms with Crippen molar-refractivity contribution < 1.29 is 28.7 Å². The van der Waals surface area contributed by atoms with Crippen LogP contribution in [-0.2, 0) is 14.3 Å². The number of rotatable bonds is 5. The summed E-state index contributed by atoms with van der Waals surface area (Å²) in [7, 11) is 0. The van der Waals surface area contributed by atoms with Crippen molar-refractivity contribution in [2.75, 3.05) is 0 Å². The van der Waals surface area contributed by atoms with Gasteiger partial charge in [-0.1, -0.05) is 13.8 Å². The first kappa shape index (κ1) is 18.9. The first-order chi connectivity index (χ1) is 11.7. The number of carbonyl (C=O) groups excluding carboxylic acids is 2. The molecule has 1 fully saturated rings. The van der Waals surface area contributed by atoms with E-state index in [1.807, 2.05) is 20.8 Å². The quantitative estimate of drug-likeness (QED) is 0.347. The zero-order valence-electron chi connectivity index (χ0n) is 14.5. The lowest BCUT2D eigenvalue weighted by atomic mass is 9.84. The number of aldehydes is 1. The molecule has 0 radical (unpaired) electrons. The van der Waals surface area contributed by atoms with E-state index in [1.54, 1.807) is 0 Å². The molecule has 25 heavy (non-hydrogen) atoms. The first-order valence-electron chi connectivity index (χ1n) is 7.97. The molecule has 1 aliphatic heterocycles. The molecule has 1 heterocycles. The molecule has 1 aromatic carbocycles. The van der Waals surface area contributed by atoms with Crippen molar-refractivity contribution in [1.82, 2.24) is 0 Å². The van der Waals surface area contributed by atoms with Gasteiger partial charge in [-0.15, -0.1) is 0 Å². The molecule has 8 heteroatoms. The Kier molecular flexibility index (Phi) is 5.73. The van der Waals surface area contributed by atoms with Crippen LogP contribution in [0.2, 0.25) is 0 Å². The van der Waals surface area contributed by atoms with E-state index in [4.69, 9.17) is 14.2 Å². The normalized spacial score (nSPS) is 28.9. The zero-order valence-corrected chi connectivity index (χ0v) is 14.5. The minimum Gasteiger partial charge on any atom is -0.460 e. The number of nitro groups is 1. The van der Waals surface area contributed by atoms with Gasteiger partial charge in [-0.2, -0.15) is 0 Å². The fourth-order valence-corrected chi connectivity index (χ4v) is 2.81. The predicted molar refractivity (Wildman–Crippen MR) is 87.3 cm³/mol. The molecule has 0 spiro atoms. The van der Waals surface area contributed by atoms with Gasteiger partial charge in [0.15, 0.2) is 12.4 Å². The number of hydrogen-bond acceptors (Lipinski definition) is 7. The van der Waals surface area contributed by atoms with Crippen LogP contribution in [0.15, 0.2) is 18.2 Å². The van der Waals surface area contributed by atoms with E-state index in [-0.39, 0.29) is 34.9 Å². The third-order valence-corrected chi connectivity index (χ3v) is 4.58. The highest BCUT2D eigenvalue weighted by Gasteiger charge is 2.43. The van der Waals surface area contributed by atoms with Gasteiger partial charge < -0.3 is 14.2 Å². The fraction of sp³-hybridized carbons (Fsp3) is 0.529. The minimum absolute atomic E-state index is 0.0262. The van der Waals surface area contributed by atoms with Crippen LogP contribution in [0.4, 0.5) is 5.69 Å². The van der Waals surface area contributed by atoms with Gasteiger partial charge in [0.2, 0.25) is 6.29 Å². The maximum absolute atomic E-state index is 11.4. The maximum Gasteiger partial charge on any atom is 0.303 e. The summed E-state index contributed by atoms with van der Waals surface area (Å²) in [6.45, 7) is 7.11. The van der Waals surface area contributed by atoms with Crippen molar-refractivity contribution in [3.63, 3.8) is 0 Å². The smallest absolute Gasteiger partial charge is 0.303 e. The second kappa shape index (κ2) is 7.60. The molecule has 1 aromatic rings. The van der Waals surface area contributed by atoms with Crippen molar-refractivity contribution in [3.05, 3.63) is 33.9 Å².